The molecular weight excluding hydrogens is 344 g/mol. The van der Waals surface area contributed by atoms with Crippen LogP contribution in [-0.2, 0) is 0 Å². The van der Waals surface area contributed by atoms with Crippen molar-refractivity contribution in [1.29, 1.82) is 0 Å². The lowest BCUT2D eigenvalue weighted by Crippen LogP contribution is -1.88. The molecule has 4 aromatic rings. The summed E-state index contributed by atoms with van der Waals surface area (Å²) in [5.74, 6) is 0. The molecule has 0 unspecified atom stereocenters. The first-order valence-electron chi connectivity index (χ1n) is 8.48. The smallest absolute Gasteiger partial charge is 0 e. The van der Waals surface area contributed by atoms with Crippen LogP contribution >= 0.6 is 0 Å². The molecule has 122 valence electrons. The molecule has 0 fully saturated rings. The molecule has 26 heavy (non-hydrogen) atoms. The van der Waals surface area contributed by atoms with Gasteiger partial charge in [0.15, 0.2) is 0 Å². The van der Waals surface area contributed by atoms with E-state index in [-0.39, 0.29) is 0 Å². The molecule has 0 N–H and O–H groups in total. The molecule has 6 radical (unpaired) electrons. The molecule has 4 rings (SSSR count). The monoisotopic (exact) mass is 362 g/mol. The largest absolute Gasteiger partial charge is 0.0622 e. The Hall–Kier alpha value is -2.69. The Kier molecular flexibility index (Phi) is 6.36. The van der Waals surface area contributed by atoms with Crippen molar-refractivity contribution in [3.05, 3.63) is 109 Å². The molecule has 0 bridgehead atoms. The van der Waals surface area contributed by atoms with E-state index < -0.39 is 0 Å². The number of hydrogen-bond donors (Lipinski definition) is 0. The molecule has 0 atom stereocenters. The van der Waals surface area contributed by atoms with Gasteiger partial charge in [0.25, 0.3) is 0 Å². The maximum Gasteiger partial charge on any atom is 0 e. The van der Waals surface area contributed by atoms with Gasteiger partial charge in [0.05, 0.1) is 0 Å². The molecule has 0 aromatic heterocycles. The van der Waals surface area contributed by atoms with Gasteiger partial charge in [-0.25, -0.2) is 0 Å². The van der Waals surface area contributed by atoms with Crippen LogP contribution in [0.15, 0.2) is 109 Å². The topological polar surface area (TPSA) is 0 Å². The van der Waals surface area contributed by atoms with Crippen LogP contribution in [-0.4, -0.2) is 19.5 Å². The first-order valence-corrected chi connectivity index (χ1v) is 10.5. The summed E-state index contributed by atoms with van der Waals surface area (Å²) in [5, 5.41) is 0. The number of benzene rings is 4. The Balaban J connectivity index is 0.000000948. The van der Waals surface area contributed by atoms with Crippen molar-refractivity contribution in [3.8, 4) is 33.4 Å². The molecule has 0 saturated carbocycles. The average molecular weight is 363 g/mol. The highest BCUT2D eigenvalue weighted by molar-refractivity contribution is 6.75. The van der Waals surface area contributed by atoms with E-state index >= 15 is 0 Å². The lowest BCUT2D eigenvalue weighted by molar-refractivity contribution is 1.56. The van der Waals surface area contributed by atoms with Crippen LogP contribution in [0.2, 0.25) is 0 Å². The van der Waals surface area contributed by atoms with E-state index in [2.05, 4.69) is 129 Å². The molecule has 0 aliphatic carbocycles. The fourth-order valence-electron chi connectivity index (χ4n) is 3.17. The third-order valence-electron chi connectivity index (χ3n) is 4.31. The van der Waals surface area contributed by atoms with E-state index in [1.807, 2.05) is 0 Å². The van der Waals surface area contributed by atoms with Gasteiger partial charge in [-0.15, -0.1) is 0 Å². The van der Waals surface area contributed by atoms with Crippen LogP contribution in [0.25, 0.3) is 33.4 Å². The van der Waals surface area contributed by atoms with E-state index in [0.29, 0.717) is 0 Å². The highest BCUT2D eigenvalue weighted by atomic mass is 29.1. The van der Waals surface area contributed by atoms with Crippen molar-refractivity contribution in [1.82, 2.24) is 0 Å². The van der Waals surface area contributed by atoms with Crippen molar-refractivity contribution in [3.63, 3.8) is 0 Å². The maximum atomic E-state index is 2.78. The minimum Gasteiger partial charge on any atom is -0.0622 e. The van der Waals surface area contributed by atoms with E-state index in [4.69, 9.17) is 0 Å². The lowest BCUT2D eigenvalue weighted by atomic mass is 9.89. The Bertz CT molecular complexity index is 867. The minimum absolute atomic E-state index is 1.25. The third kappa shape index (κ3) is 3.93. The first kappa shape index (κ1) is 18.1. The summed E-state index contributed by atoms with van der Waals surface area (Å²) in [6.45, 7) is 0. The molecule has 0 saturated heterocycles. The fourth-order valence-corrected chi connectivity index (χ4v) is 3.17. The van der Waals surface area contributed by atoms with Gasteiger partial charge < -0.3 is 0 Å². The summed E-state index contributed by atoms with van der Waals surface area (Å²) in [6.07, 6.45) is 0. The number of hydrogen-bond acceptors (Lipinski definition) is 0. The van der Waals surface area contributed by atoms with Gasteiger partial charge in [0, 0.05) is 19.5 Å². The standard InChI is InChI=1S/C24H18.Si2/c1-3-11-19(12-4-1)21-15-7-9-17-23(21)24-18-10-8-16-22(24)20-13-5-2-6-14-20;1-2/h1-18H;. The van der Waals surface area contributed by atoms with E-state index in [1.165, 1.54) is 33.4 Å². The zero-order valence-corrected chi connectivity index (χ0v) is 16.4. The van der Waals surface area contributed by atoms with Gasteiger partial charge in [0.1, 0.15) is 0 Å². The van der Waals surface area contributed by atoms with Gasteiger partial charge in [-0.3, -0.25) is 0 Å². The van der Waals surface area contributed by atoms with Crippen LogP contribution in [0.3, 0.4) is 0 Å². The molecule has 0 nitrogen and oxygen atoms in total. The highest BCUT2D eigenvalue weighted by Crippen LogP contribution is 2.37. The van der Waals surface area contributed by atoms with Crippen molar-refractivity contribution < 1.29 is 0 Å². The molecule has 0 aliphatic rings. The summed E-state index contributed by atoms with van der Waals surface area (Å²) in [4.78, 5) is 0. The Morgan fingerprint density at radius 2 is 0.577 bits per heavy atom. The Morgan fingerprint density at radius 3 is 0.923 bits per heavy atom. The average Bonchev–Trinajstić information content (AvgIpc) is 2.76. The predicted octanol–water partition coefficient (Wildman–Crippen LogP) is 5.93. The van der Waals surface area contributed by atoms with Crippen LogP contribution in [0.5, 0.6) is 0 Å². The Morgan fingerprint density at radius 1 is 0.308 bits per heavy atom. The van der Waals surface area contributed by atoms with Crippen molar-refractivity contribution >= 4 is 19.5 Å². The lowest BCUT2D eigenvalue weighted by Gasteiger charge is -2.14. The molecule has 4 aromatic carbocycles. The van der Waals surface area contributed by atoms with Crippen molar-refractivity contribution in [2.75, 3.05) is 0 Å². The van der Waals surface area contributed by atoms with Crippen LogP contribution in [0.4, 0.5) is 0 Å². The molecule has 2 heteroatoms. The normalized spacial score (nSPS) is 9.92. The zero-order chi connectivity index (χ0) is 18.2. The van der Waals surface area contributed by atoms with Crippen LogP contribution in [0.1, 0.15) is 0 Å². The quantitative estimate of drug-likeness (QED) is 0.396. The number of rotatable bonds is 3. The molecule has 0 heterocycles. The van der Waals surface area contributed by atoms with Gasteiger partial charge >= 0.3 is 0 Å². The van der Waals surface area contributed by atoms with Crippen molar-refractivity contribution in [2.24, 2.45) is 0 Å². The highest BCUT2D eigenvalue weighted by Gasteiger charge is 2.11. The third-order valence-corrected chi connectivity index (χ3v) is 4.31. The molecule has 0 amide bonds. The summed E-state index contributed by atoms with van der Waals surface area (Å²) >= 11 is 0. The molecular formula is C24H18Si2. The van der Waals surface area contributed by atoms with E-state index in [1.54, 1.807) is 0 Å². The van der Waals surface area contributed by atoms with Gasteiger partial charge in [-0.2, -0.15) is 0 Å². The zero-order valence-electron chi connectivity index (χ0n) is 14.4. The fraction of sp³-hybridized carbons (Fsp3) is 0. The molecule has 0 aliphatic heterocycles. The first-order chi connectivity index (χ1) is 12.9. The van der Waals surface area contributed by atoms with Crippen LogP contribution in [0, 0.1) is 0 Å². The van der Waals surface area contributed by atoms with Gasteiger partial charge in [0.2, 0.25) is 0 Å². The second-order valence-corrected chi connectivity index (χ2v) is 5.82. The molecule has 0 spiro atoms. The summed E-state index contributed by atoms with van der Waals surface area (Å²) < 4.78 is 0. The minimum atomic E-state index is 1.25. The maximum absolute atomic E-state index is 2.78. The Labute approximate surface area is 162 Å². The second-order valence-electron chi connectivity index (χ2n) is 5.82. The summed E-state index contributed by atoms with van der Waals surface area (Å²) in [7, 11) is 5.56. The summed E-state index contributed by atoms with van der Waals surface area (Å²) in [6, 6.07) is 38.4. The van der Waals surface area contributed by atoms with Crippen molar-refractivity contribution in [2.45, 2.75) is 0 Å². The van der Waals surface area contributed by atoms with E-state index in [9.17, 15) is 0 Å². The summed E-state index contributed by atoms with van der Waals surface area (Å²) in [5.41, 5.74) is 7.56. The second kappa shape index (κ2) is 9.13. The van der Waals surface area contributed by atoms with Gasteiger partial charge in [-0.1, -0.05) is 109 Å². The van der Waals surface area contributed by atoms with E-state index in [0.717, 1.165) is 0 Å². The SMILES string of the molecule is [Si][Si].c1ccc(-c2ccccc2-c2ccccc2-c2ccccc2)cc1. The predicted molar refractivity (Wildman–Crippen MR) is 114 cm³/mol. The van der Waals surface area contributed by atoms with Crippen LogP contribution < -0.4 is 0 Å². The van der Waals surface area contributed by atoms with Gasteiger partial charge in [-0.05, 0) is 33.4 Å².